The Hall–Kier alpha value is -0.120. The average Bonchev–Trinajstić information content (AvgIpc) is 1.88. The van der Waals surface area contributed by atoms with E-state index in [1.807, 2.05) is 47.2 Å². The van der Waals surface area contributed by atoms with Crippen LogP contribution in [0.4, 0.5) is 0 Å². The monoisotopic (exact) mass is 211 g/mol. The van der Waals surface area contributed by atoms with Gasteiger partial charge in [-0.3, -0.25) is 0 Å². The lowest BCUT2D eigenvalue weighted by Crippen LogP contribution is -2.01. The van der Waals surface area contributed by atoms with E-state index in [1.54, 1.807) is 0 Å². The van der Waals surface area contributed by atoms with E-state index in [1.165, 1.54) is 0 Å². The third-order valence-corrected chi connectivity index (χ3v) is 0.354. The summed E-state index contributed by atoms with van der Waals surface area (Å²) in [6.07, 6.45) is 0. The van der Waals surface area contributed by atoms with Crippen molar-refractivity contribution in [2.75, 3.05) is 48.8 Å². The van der Waals surface area contributed by atoms with Crippen molar-refractivity contribution in [2.45, 2.75) is 29.2 Å². The van der Waals surface area contributed by atoms with Crippen LogP contribution in [0.5, 0.6) is 0 Å². The van der Waals surface area contributed by atoms with Crippen LogP contribution in [-0.4, -0.2) is 53.7 Å². The zero-order chi connectivity index (χ0) is 9.70. The highest BCUT2D eigenvalue weighted by Crippen LogP contribution is 1.47. The summed E-state index contributed by atoms with van der Waals surface area (Å²) in [5.41, 5.74) is 0. The molecule has 0 radical (unpaired) electrons. The smallest absolute Gasteiger partial charge is 0.00804 e. The summed E-state index contributed by atoms with van der Waals surface area (Å²) in [4.78, 5) is 2.00. The van der Waals surface area contributed by atoms with Gasteiger partial charge in [0.05, 0.1) is 0 Å². The Balaban J connectivity index is -0.0000000156. The van der Waals surface area contributed by atoms with Gasteiger partial charge in [0.25, 0.3) is 0 Å². The Morgan fingerprint density at radius 3 is 0.929 bits per heavy atom. The van der Waals surface area contributed by atoms with Gasteiger partial charge in [-0.15, -0.1) is 0 Å². The third-order valence-electron chi connectivity index (χ3n) is 0.354. The molecule has 3 nitrogen and oxygen atoms in total. The van der Waals surface area contributed by atoms with Crippen molar-refractivity contribution in [3.63, 3.8) is 0 Å². The van der Waals surface area contributed by atoms with E-state index in [2.05, 4.69) is 17.6 Å². The molecule has 0 rings (SSSR count). The van der Waals surface area contributed by atoms with Gasteiger partial charge in [-0.25, -0.2) is 0 Å². The van der Waals surface area contributed by atoms with Crippen LogP contribution >= 0.6 is 0 Å². The first-order chi connectivity index (χ1) is 5.06. The number of rotatable bonds is 1. The van der Waals surface area contributed by atoms with Gasteiger partial charge in [0.1, 0.15) is 0 Å². The average molecular weight is 211 g/mol. The molecule has 0 aliphatic heterocycles. The van der Waals surface area contributed by atoms with Gasteiger partial charge >= 0.3 is 0 Å². The Bertz CT molecular complexity index is 34.8. The van der Waals surface area contributed by atoms with Gasteiger partial charge in [-0.05, 0) is 48.8 Å². The van der Waals surface area contributed by atoms with E-state index >= 15 is 0 Å². The van der Waals surface area contributed by atoms with Crippen LogP contribution in [0.1, 0.15) is 29.2 Å². The molecule has 0 bridgehead atoms. The predicted molar refractivity (Wildman–Crippen MR) is 74.4 cm³/mol. The maximum atomic E-state index is 2.93. The van der Waals surface area contributed by atoms with Crippen molar-refractivity contribution < 1.29 is 0 Å². The fourth-order valence-corrected chi connectivity index (χ4v) is 0. The summed E-state index contributed by atoms with van der Waals surface area (Å²) in [5.74, 6) is 0. The molecule has 96 valence electrons. The van der Waals surface area contributed by atoms with E-state index in [9.17, 15) is 0 Å². The second-order valence-electron chi connectivity index (χ2n) is 2.55. The summed E-state index contributed by atoms with van der Waals surface area (Å²) in [5, 5.41) is 5.68. The number of nitrogens with one attached hydrogen (secondary N) is 2. The molecular formula is C11H37N3. The molecule has 0 aromatic carbocycles. The second kappa shape index (κ2) is 52.6. The van der Waals surface area contributed by atoms with Crippen molar-refractivity contribution in [1.82, 2.24) is 15.5 Å². The second-order valence-corrected chi connectivity index (χ2v) is 2.55. The van der Waals surface area contributed by atoms with Crippen molar-refractivity contribution in [3.8, 4) is 0 Å². The molecule has 0 saturated heterocycles. The molecule has 0 aliphatic rings. The highest BCUT2D eigenvalue weighted by Gasteiger charge is 1.58. The van der Waals surface area contributed by atoms with Crippen LogP contribution in [0.2, 0.25) is 0 Å². The SMILES string of the molecule is C.C.C.CCNC.CN(C)C.CNC. The maximum Gasteiger partial charge on any atom is -0.00804 e. The van der Waals surface area contributed by atoms with Gasteiger partial charge in [0, 0.05) is 0 Å². The lowest BCUT2D eigenvalue weighted by atomic mass is 10.8. The Morgan fingerprint density at radius 2 is 0.929 bits per heavy atom. The lowest BCUT2D eigenvalue weighted by Gasteiger charge is -1.90. The molecule has 0 unspecified atom stereocenters. The molecule has 0 aromatic rings. The fraction of sp³-hybridized carbons (Fsp3) is 1.00. The highest BCUT2D eigenvalue weighted by atomic mass is 15.0. The fourth-order valence-electron chi connectivity index (χ4n) is 0. The first-order valence-corrected chi connectivity index (χ1v) is 3.90. The van der Waals surface area contributed by atoms with Crippen LogP contribution in [0.15, 0.2) is 0 Å². The third kappa shape index (κ3) is 1820. The Labute approximate surface area is 94.3 Å². The Kier molecular flexibility index (Phi) is 139. The maximum absolute atomic E-state index is 2.93. The normalized spacial score (nSPS) is 6.00. The molecular weight excluding hydrogens is 174 g/mol. The minimum Gasteiger partial charge on any atom is -0.323 e. The molecule has 3 heteroatoms. The standard InChI is InChI=1S/2C3H9N.C2H7N.3CH4/c1-4(2)3;1-3-4-2;1-3-2;;;/h1-3H3;4H,3H2,1-2H3;3H,1-2H3;3*1H4. The number of hydrogen-bond donors (Lipinski definition) is 2. The van der Waals surface area contributed by atoms with Crippen LogP contribution in [0.25, 0.3) is 0 Å². The van der Waals surface area contributed by atoms with Crippen LogP contribution in [0.3, 0.4) is 0 Å². The van der Waals surface area contributed by atoms with Crippen molar-refractivity contribution in [1.29, 1.82) is 0 Å². The summed E-state index contributed by atoms with van der Waals surface area (Å²) in [7, 11) is 11.7. The van der Waals surface area contributed by atoms with Crippen molar-refractivity contribution >= 4 is 0 Å². The zero-order valence-corrected chi connectivity index (χ0v) is 9.15. The summed E-state index contributed by atoms with van der Waals surface area (Å²) < 4.78 is 0. The largest absolute Gasteiger partial charge is 0.323 e. The quantitative estimate of drug-likeness (QED) is 0.696. The van der Waals surface area contributed by atoms with E-state index in [4.69, 9.17) is 0 Å². The minimum atomic E-state index is 0. The van der Waals surface area contributed by atoms with Crippen LogP contribution in [-0.2, 0) is 0 Å². The van der Waals surface area contributed by atoms with Gasteiger partial charge in [0.15, 0.2) is 0 Å². The molecule has 14 heavy (non-hydrogen) atoms. The molecule has 0 saturated carbocycles. The predicted octanol–water partition coefficient (Wildman–Crippen LogP) is 2.15. The molecule has 0 fully saturated rings. The van der Waals surface area contributed by atoms with Crippen molar-refractivity contribution in [2.24, 2.45) is 0 Å². The molecule has 0 heterocycles. The van der Waals surface area contributed by atoms with Gasteiger partial charge < -0.3 is 15.5 Å². The van der Waals surface area contributed by atoms with E-state index in [-0.39, 0.29) is 22.3 Å². The molecule has 0 aromatic heterocycles. The minimum absolute atomic E-state index is 0. The zero-order valence-electron chi connectivity index (χ0n) is 9.15. The van der Waals surface area contributed by atoms with E-state index < -0.39 is 0 Å². The molecule has 2 N–H and O–H groups in total. The number of nitrogens with zero attached hydrogens (tertiary/aromatic N) is 1. The first-order valence-electron chi connectivity index (χ1n) is 3.90. The molecule has 0 aliphatic carbocycles. The molecule has 0 spiro atoms. The highest BCUT2D eigenvalue weighted by molar-refractivity contribution is 4.15. The van der Waals surface area contributed by atoms with Crippen LogP contribution in [0, 0.1) is 0 Å². The van der Waals surface area contributed by atoms with E-state index in [0.29, 0.717) is 0 Å². The van der Waals surface area contributed by atoms with E-state index in [0.717, 1.165) is 6.54 Å². The van der Waals surface area contributed by atoms with Gasteiger partial charge in [-0.2, -0.15) is 0 Å². The first kappa shape index (κ1) is 37.1. The number of hydrogen-bond acceptors (Lipinski definition) is 3. The van der Waals surface area contributed by atoms with Gasteiger partial charge in [0.2, 0.25) is 0 Å². The van der Waals surface area contributed by atoms with Gasteiger partial charge in [-0.1, -0.05) is 29.2 Å². The Morgan fingerprint density at radius 1 is 0.857 bits per heavy atom. The molecule has 0 atom stereocenters. The summed E-state index contributed by atoms with van der Waals surface area (Å²) in [6.45, 7) is 3.14. The lowest BCUT2D eigenvalue weighted by molar-refractivity contribution is 0.505. The van der Waals surface area contributed by atoms with Crippen molar-refractivity contribution in [3.05, 3.63) is 0 Å². The molecule has 0 amide bonds. The summed E-state index contributed by atoms with van der Waals surface area (Å²) >= 11 is 0. The topological polar surface area (TPSA) is 27.3 Å². The summed E-state index contributed by atoms with van der Waals surface area (Å²) in [6, 6.07) is 0. The van der Waals surface area contributed by atoms with Crippen LogP contribution < -0.4 is 10.6 Å².